The monoisotopic (exact) mass is 190 g/mol. The number of allylic oxidation sites excluding steroid dienone is 2. The Balaban J connectivity index is 0.000000791. The Morgan fingerprint density at radius 1 is 1.07 bits per heavy atom. The number of aryl methyl sites for hydroxylation is 1. The van der Waals surface area contributed by atoms with E-state index in [4.69, 9.17) is 0 Å². The number of hydrogen-bond donors (Lipinski definition) is 0. The fourth-order valence-electron chi connectivity index (χ4n) is 1.35. The number of rotatable bonds is 3. The smallest absolute Gasteiger partial charge is 0.00948 e. The van der Waals surface area contributed by atoms with E-state index in [1.165, 1.54) is 11.1 Å². The van der Waals surface area contributed by atoms with Crippen molar-refractivity contribution in [3.63, 3.8) is 0 Å². The maximum atomic E-state index is 2.21. The topological polar surface area (TPSA) is 0 Å². The minimum absolute atomic E-state index is 1.07. The van der Waals surface area contributed by atoms with Gasteiger partial charge in [-0.25, -0.2) is 0 Å². The van der Waals surface area contributed by atoms with Crippen molar-refractivity contribution in [1.82, 2.24) is 0 Å². The molecule has 0 N–H and O–H groups in total. The molecule has 0 fully saturated rings. The maximum absolute atomic E-state index is 2.21. The highest BCUT2D eigenvalue weighted by Crippen LogP contribution is 2.10. The molecule has 0 saturated carbocycles. The van der Waals surface area contributed by atoms with Crippen LogP contribution in [0.15, 0.2) is 36.4 Å². The largest absolute Gasteiger partial charge is 0.0913 e. The predicted octanol–water partition coefficient (Wildman–Crippen LogP) is 4.39. The molecule has 0 saturated heterocycles. The zero-order chi connectivity index (χ0) is 10.8. The number of hydrogen-bond acceptors (Lipinski definition) is 0. The van der Waals surface area contributed by atoms with Crippen LogP contribution in [0, 0.1) is 0 Å². The molecular weight excluding hydrogens is 168 g/mol. The summed E-state index contributed by atoms with van der Waals surface area (Å²) in [5.74, 6) is 0. The van der Waals surface area contributed by atoms with Crippen molar-refractivity contribution in [3.05, 3.63) is 47.5 Å². The minimum atomic E-state index is 1.07. The quantitative estimate of drug-likeness (QED) is 0.620. The molecular formula is C14H22. The van der Waals surface area contributed by atoms with Crippen LogP contribution in [0.3, 0.4) is 0 Å². The Morgan fingerprint density at radius 2 is 1.64 bits per heavy atom. The van der Waals surface area contributed by atoms with Crippen molar-refractivity contribution in [2.75, 3.05) is 0 Å². The first-order valence-electron chi connectivity index (χ1n) is 5.56. The first-order chi connectivity index (χ1) is 6.88. The Hall–Kier alpha value is -1.04. The molecule has 0 amide bonds. The lowest BCUT2D eigenvalue weighted by atomic mass is 10.0. The molecule has 0 spiro atoms. The van der Waals surface area contributed by atoms with Crippen LogP contribution in [-0.2, 0) is 12.8 Å². The van der Waals surface area contributed by atoms with E-state index in [0.717, 1.165) is 12.8 Å². The van der Waals surface area contributed by atoms with Gasteiger partial charge in [-0.15, -0.1) is 0 Å². The molecule has 0 atom stereocenters. The van der Waals surface area contributed by atoms with Crippen molar-refractivity contribution < 1.29 is 0 Å². The van der Waals surface area contributed by atoms with Crippen LogP contribution in [0.4, 0.5) is 0 Å². The van der Waals surface area contributed by atoms with Crippen molar-refractivity contribution in [2.24, 2.45) is 0 Å². The summed E-state index contributed by atoms with van der Waals surface area (Å²) >= 11 is 0. The molecule has 1 rings (SSSR count). The van der Waals surface area contributed by atoms with Crippen LogP contribution in [0.5, 0.6) is 0 Å². The third kappa shape index (κ3) is 4.27. The van der Waals surface area contributed by atoms with Crippen LogP contribution in [0.2, 0.25) is 0 Å². The van der Waals surface area contributed by atoms with Gasteiger partial charge in [-0.05, 0) is 30.9 Å². The third-order valence-corrected chi connectivity index (χ3v) is 2.07. The van der Waals surface area contributed by atoms with Crippen LogP contribution in [0.25, 0.3) is 0 Å². The molecule has 0 heterocycles. The van der Waals surface area contributed by atoms with Gasteiger partial charge < -0.3 is 0 Å². The van der Waals surface area contributed by atoms with E-state index in [1.807, 2.05) is 13.8 Å². The van der Waals surface area contributed by atoms with E-state index in [1.54, 1.807) is 0 Å². The molecule has 1 aromatic carbocycles. The van der Waals surface area contributed by atoms with Gasteiger partial charge >= 0.3 is 0 Å². The second-order valence-corrected chi connectivity index (χ2v) is 2.90. The molecule has 0 aliphatic carbocycles. The highest BCUT2D eigenvalue weighted by atomic mass is 14.0. The van der Waals surface area contributed by atoms with Crippen LogP contribution in [-0.4, -0.2) is 0 Å². The zero-order valence-electron chi connectivity index (χ0n) is 9.88. The van der Waals surface area contributed by atoms with E-state index in [0.29, 0.717) is 0 Å². The molecule has 78 valence electrons. The van der Waals surface area contributed by atoms with E-state index in [9.17, 15) is 0 Å². The summed E-state index contributed by atoms with van der Waals surface area (Å²) in [7, 11) is 0. The Morgan fingerprint density at radius 3 is 2.14 bits per heavy atom. The normalized spacial score (nSPS) is 9.71. The fraction of sp³-hybridized carbons (Fsp3) is 0.429. The summed E-state index contributed by atoms with van der Waals surface area (Å²) in [4.78, 5) is 0. The van der Waals surface area contributed by atoms with Gasteiger partial charge in [0.1, 0.15) is 0 Å². The van der Waals surface area contributed by atoms with Gasteiger partial charge in [0.2, 0.25) is 0 Å². The van der Waals surface area contributed by atoms with Gasteiger partial charge in [-0.1, -0.05) is 57.2 Å². The van der Waals surface area contributed by atoms with Gasteiger partial charge in [0, 0.05) is 0 Å². The summed E-state index contributed by atoms with van der Waals surface area (Å²) in [5, 5.41) is 0. The van der Waals surface area contributed by atoms with Crippen LogP contribution >= 0.6 is 0 Å². The van der Waals surface area contributed by atoms with Gasteiger partial charge in [0.25, 0.3) is 0 Å². The molecule has 0 heteroatoms. The molecule has 0 aromatic heterocycles. The summed E-state index contributed by atoms with van der Waals surface area (Å²) in [6, 6.07) is 8.63. The summed E-state index contributed by atoms with van der Waals surface area (Å²) in [6.45, 7) is 8.27. The summed E-state index contributed by atoms with van der Waals surface area (Å²) in [5.41, 5.74) is 2.92. The standard InChI is InChI=1S/C12H16.C2H6/c1-3-5-8-12-10-7-6-9-11(12)4-2;1-2/h3,5-7,9-10H,4,8H2,1-2H3;1-2H3/b5-3+;. The minimum Gasteiger partial charge on any atom is -0.0913 e. The van der Waals surface area contributed by atoms with Crippen molar-refractivity contribution in [2.45, 2.75) is 40.5 Å². The predicted molar refractivity (Wildman–Crippen MR) is 65.7 cm³/mol. The first-order valence-corrected chi connectivity index (χ1v) is 5.56. The van der Waals surface area contributed by atoms with Gasteiger partial charge in [-0.2, -0.15) is 0 Å². The lowest BCUT2D eigenvalue weighted by molar-refractivity contribution is 1.08. The van der Waals surface area contributed by atoms with Crippen LogP contribution < -0.4 is 0 Å². The number of benzene rings is 1. The zero-order valence-corrected chi connectivity index (χ0v) is 9.88. The lowest BCUT2D eigenvalue weighted by Crippen LogP contribution is -1.89. The second kappa shape index (κ2) is 8.55. The average Bonchev–Trinajstić information content (AvgIpc) is 2.29. The molecule has 1 aromatic rings. The highest BCUT2D eigenvalue weighted by molar-refractivity contribution is 5.28. The lowest BCUT2D eigenvalue weighted by Gasteiger charge is -2.03. The first kappa shape index (κ1) is 13.0. The SMILES string of the molecule is C/C=C/Cc1ccccc1CC.CC. The van der Waals surface area contributed by atoms with Crippen molar-refractivity contribution >= 4 is 0 Å². The molecule has 0 nitrogen and oxygen atoms in total. The Labute approximate surface area is 88.7 Å². The van der Waals surface area contributed by atoms with E-state index in [2.05, 4.69) is 50.3 Å². The van der Waals surface area contributed by atoms with Gasteiger partial charge in [0.05, 0.1) is 0 Å². The van der Waals surface area contributed by atoms with E-state index < -0.39 is 0 Å². The average molecular weight is 190 g/mol. The molecule has 0 aliphatic rings. The third-order valence-electron chi connectivity index (χ3n) is 2.07. The molecule has 0 radical (unpaired) electrons. The van der Waals surface area contributed by atoms with Gasteiger partial charge in [-0.3, -0.25) is 0 Å². The summed E-state index contributed by atoms with van der Waals surface area (Å²) < 4.78 is 0. The van der Waals surface area contributed by atoms with Crippen LogP contribution in [0.1, 0.15) is 38.8 Å². The van der Waals surface area contributed by atoms with Gasteiger partial charge in [0.15, 0.2) is 0 Å². The maximum Gasteiger partial charge on any atom is -0.00948 e. The van der Waals surface area contributed by atoms with E-state index in [-0.39, 0.29) is 0 Å². The second-order valence-electron chi connectivity index (χ2n) is 2.90. The fourth-order valence-corrected chi connectivity index (χ4v) is 1.35. The molecule has 0 aliphatic heterocycles. The highest BCUT2D eigenvalue weighted by Gasteiger charge is 1.95. The van der Waals surface area contributed by atoms with E-state index >= 15 is 0 Å². The molecule has 0 unspecified atom stereocenters. The summed E-state index contributed by atoms with van der Waals surface area (Å²) in [6.07, 6.45) is 6.51. The molecule has 0 bridgehead atoms. The Kier molecular flexibility index (Phi) is 7.92. The molecule has 14 heavy (non-hydrogen) atoms. The van der Waals surface area contributed by atoms with Crippen molar-refractivity contribution in [1.29, 1.82) is 0 Å². The van der Waals surface area contributed by atoms with Crippen molar-refractivity contribution in [3.8, 4) is 0 Å². The Bertz CT molecular complexity index is 258.